The third kappa shape index (κ3) is 6.93. The van der Waals surface area contributed by atoms with Gasteiger partial charge in [-0.15, -0.1) is 0 Å². The maximum atomic E-state index is 11.1. The molecule has 2 aliphatic heterocycles. The molecular weight excluding hydrogens is 498 g/mol. The average molecular weight is 542 g/mol. The molecule has 15 atom stereocenters. The number of nitrogens with one attached hydrogen (secondary N) is 1. The molecule has 37 heavy (non-hydrogen) atoms. The van der Waals surface area contributed by atoms with Gasteiger partial charge in [0.15, 0.2) is 12.6 Å². The molecule has 218 valence electrons. The van der Waals surface area contributed by atoms with Gasteiger partial charge in [-0.2, -0.15) is 0 Å². The van der Waals surface area contributed by atoms with E-state index in [2.05, 4.69) is 5.32 Å². The van der Waals surface area contributed by atoms with Gasteiger partial charge in [0.25, 0.3) is 0 Å². The third-order valence-electron chi connectivity index (χ3n) is 7.16. The summed E-state index contributed by atoms with van der Waals surface area (Å²) in [4.78, 5) is 0. The number of hydrogen-bond donors (Lipinski definition) is 12. The van der Waals surface area contributed by atoms with Gasteiger partial charge in [-0.1, -0.05) is 0 Å². The minimum absolute atomic E-state index is 0.0107. The van der Waals surface area contributed by atoms with Crippen molar-refractivity contribution in [3.8, 4) is 0 Å². The van der Waals surface area contributed by atoms with E-state index in [9.17, 15) is 30.6 Å². The number of aliphatic hydroxyl groups excluding tert-OH is 7. The van der Waals surface area contributed by atoms with Gasteiger partial charge in [0.1, 0.15) is 54.9 Å². The standard InChI is InChI=1S/C21H43N5O11/c22-5-9-13(29)15(31)16(32)21(34-9)37-19-8(24)4-7(23)18(17(19)33)36-20-14(30)11(25)12(28)10(35-20)6-26-2-1-3-27/h7-21,26-33H,1-6,22-25H2/t7-,8+,9-,10-,11+,12-,13-,14-,15+,16-,17-,18+,19-,20-,21+/m1/s1. The molecule has 16 heteroatoms. The lowest BCUT2D eigenvalue weighted by atomic mass is 9.84. The number of ether oxygens (including phenoxy) is 4. The normalized spacial score (nSPS) is 49.2. The van der Waals surface area contributed by atoms with Gasteiger partial charge in [0.05, 0.1) is 12.1 Å². The van der Waals surface area contributed by atoms with Gasteiger partial charge < -0.3 is 82.9 Å². The van der Waals surface area contributed by atoms with E-state index in [0.717, 1.165) is 0 Å². The van der Waals surface area contributed by atoms with Crippen LogP contribution in [0.25, 0.3) is 0 Å². The molecular formula is C21H43N5O11. The van der Waals surface area contributed by atoms with E-state index < -0.39 is 91.7 Å². The van der Waals surface area contributed by atoms with Crippen molar-refractivity contribution in [1.82, 2.24) is 5.32 Å². The summed E-state index contributed by atoms with van der Waals surface area (Å²) in [5.41, 5.74) is 23.9. The largest absolute Gasteiger partial charge is 0.396 e. The van der Waals surface area contributed by atoms with E-state index >= 15 is 0 Å². The Bertz CT molecular complexity index is 699. The Morgan fingerprint density at radius 2 is 1.30 bits per heavy atom. The summed E-state index contributed by atoms with van der Waals surface area (Å²) in [6.07, 6.45) is -15.4. The molecule has 3 aliphatic rings. The second-order valence-electron chi connectivity index (χ2n) is 9.89. The summed E-state index contributed by atoms with van der Waals surface area (Å²) in [7, 11) is 0. The monoisotopic (exact) mass is 541 g/mol. The van der Waals surface area contributed by atoms with Crippen molar-refractivity contribution in [3.05, 3.63) is 0 Å². The highest BCUT2D eigenvalue weighted by Gasteiger charge is 2.51. The molecule has 3 fully saturated rings. The molecule has 3 rings (SSSR count). The van der Waals surface area contributed by atoms with Crippen LogP contribution in [-0.4, -0.2) is 154 Å². The first-order valence-electron chi connectivity index (χ1n) is 12.5. The second kappa shape index (κ2) is 13.6. The molecule has 1 aliphatic carbocycles. The van der Waals surface area contributed by atoms with Crippen LogP contribution in [-0.2, 0) is 18.9 Å². The summed E-state index contributed by atoms with van der Waals surface area (Å²) in [6.45, 7) is 0.439. The summed E-state index contributed by atoms with van der Waals surface area (Å²) >= 11 is 0. The van der Waals surface area contributed by atoms with E-state index in [4.69, 9.17) is 47.0 Å². The minimum Gasteiger partial charge on any atom is -0.396 e. The Balaban J connectivity index is 1.68. The molecule has 0 aromatic carbocycles. The Labute approximate surface area is 214 Å². The predicted molar refractivity (Wildman–Crippen MR) is 125 cm³/mol. The Kier molecular flexibility index (Phi) is 11.4. The van der Waals surface area contributed by atoms with Crippen molar-refractivity contribution in [2.24, 2.45) is 22.9 Å². The van der Waals surface area contributed by atoms with Gasteiger partial charge in [0.2, 0.25) is 0 Å². The first-order valence-corrected chi connectivity index (χ1v) is 12.5. The lowest BCUT2D eigenvalue weighted by molar-refractivity contribution is -0.330. The van der Waals surface area contributed by atoms with Crippen LogP contribution in [0.4, 0.5) is 0 Å². The Morgan fingerprint density at radius 1 is 0.730 bits per heavy atom. The quantitative estimate of drug-likeness (QED) is 0.114. The van der Waals surface area contributed by atoms with Crippen LogP contribution in [0.1, 0.15) is 12.8 Å². The molecule has 1 saturated carbocycles. The number of hydrogen-bond acceptors (Lipinski definition) is 16. The van der Waals surface area contributed by atoms with Crippen LogP contribution in [0, 0.1) is 0 Å². The first kappa shape index (κ1) is 30.9. The topological polar surface area (TPSA) is 295 Å². The van der Waals surface area contributed by atoms with Gasteiger partial charge >= 0.3 is 0 Å². The van der Waals surface area contributed by atoms with Gasteiger partial charge in [-0.3, -0.25) is 0 Å². The zero-order chi connectivity index (χ0) is 27.4. The van der Waals surface area contributed by atoms with Gasteiger partial charge in [0, 0.05) is 31.8 Å². The summed E-state index contributed by atoms with van der Waals surface area (Å²) in [6, 6.07) is -2.77. The second-order valence-corrected chi connectivity index (χ2v) is 9.89. The number of rotatable bonds is 10. The molecule has 2 heterocycles. The SMILES string of the molecule is NC[C@H]1O[C@@H](O[C@H]2[C@H](O)[C@@H](O[C@H]3O[C@H](CNCCCO)[C@@H](O)[C@H](N)[C@H]3O)[C@H](N)C[C@@H]2N)[C@H](O)[C@@H](O)[C@@H]1O. The van der Waals surface area contributed by atoms with Crippen molar-refractivity contribution < 1.29 is 54.7 Å². The average Bonchev–Trinajstić information content (AvgIpc) is 2.87. The van der Waals surface area contributed by atoms with Crippen LogP contribution in [0.5, 0.6) is 0 Å². The molecule has 16 N–H and O–H groups in total. The van der Waals surface area contributed by atoms with Gasteiger partial charge in [-0.25, -0.2) is 0 Å². The molecule has 0 aromatic rings. The maximum Gasteiger partial charge on any atom is 0.187 e. The first-order chi connectivity index (χ1) is 17.5. The Morgan fingerprint density at radius 3 is 1.86 bits per heavy atom. The van der Waals surface area contributed by atoms with Crippen LogP contribution < -0.4 is 28.3 Å². The molecule has 0 unspecified atom stereocenters. The fourth-order valence-electron chi connectivity index (χ4n) is 4.87. The molecule has 0 radical (unpaired) electrons. The zero-order valence-corrected chi connectivity index (χ0v) is 20.5. The predicted octanol–water partition coefficient (Wildman–Crippen LogP) is -7.31. The lowest BCUT2D eigenvalue weighted by Crippen LogP contribution is -2.68. The molecule has 0 aromatic heterocycles. The van der Waals surface area contributed by atoms with Crippen molar-refractivity contribution in [2.45, 2.75) is 105 Å². The van der Waals surface area contributed by atoms with Crippen LogP contribution in [0.15, 0.2) is 0 Å². The fourth-order valence-corrected chi connectivity index (χ4v) is 4.87. The van der Waals surface area contributed by atoms with Crippen molar-refractivity contribution >= 4 is 0 Å². The van der Waals surface area contributed by atoms with E-state index in [1.807, 2.05) is 0 Å². The smallest absolute Gasteiger partial charge is 0.187 e. The molecule has 16 nitrogen and oxygen atoms in total. The third-order valence-corrected chi connectivity index (χ3v) is 7.16. The summed E-state index contributed by atoms with van der Waals surface area (Å²) in [5, 5.41) is 74.5. The summed E-state index contributed by atoms with van der Waals surface area (Å²) in [5.74, 6) is 0. The fraction of sp³-hybridized carbons (Fsp3) is 1.00. The number of aliphatic hydroxyl groups is 7. The highest BCUT2D eigenvalue weighted by molar-refractivity contribution is 5.01. The minimum atomic E-state index is -1.66. The van der Waals surface area contributed by atoms with E-state index in [1.54, 1.807) is 0 Å². The molecule has 0 spiro atoms. The zero-order valence-electron chi connectivity index (χ0n) is 20.5. The highest BCUT2D eigenvalue weighted by atomic mass is 16.7. The van der Waals surface area contributed by atoms with Crippen molar-refractivity contribution in [3.63, 3.8) is 0 Å². The van der Waals surface area contributed by atoms with Gasteiger partial charge in [-0.05, 0) is 19.4 Å². The summed E-state index contributed by atoms with van der Waals surface area (Å²) < 4.78 is 22.8. The Hall–Kier alpha value is -0.640. The van der Waals surface area contributed by atoms with E-state index in [0.29, 0.717) is 13.0 Å². The van der Waals surface area contributed by atoms with Crippen LogP contribution in [0.3, 0.4) is 0 Å². The van der Waals surface area contributed by atoms with E-state index in [-0.39, 0.29) is 26.1 Å². The van der Waals surface area contributed by atoms with Crippen molar-refractivity contribution in [2.75, 3.05) is 26.2 Å². The molecule has 2 saturated heterocycles. The molecule has 0 amide bonds. The van der Waals surface area contributed by atoms with Crippen LogP contribution >= 0.6 is 0 Å². The van der Waals surface area contributed by atoms with E-state index in [1.165, 1.54) is 0 Å². The number of nitrogens with two attached hydrogens (primary N) is 4. The highest BCUT2D eigenvalue weighted by Crippen LogP contribution is 2.31. The maximum absolute atomic E-state index is 11.1. The molecule has 0 bridgehead atoms. The van der Waals surface area contributed by atoms with Crippen LogP contribution in [0.2, 0.25) is 0 Å². The lowest BCUT2D eigenvalue weighted by Gasteiger charge is -2.48. The van der Waals surface area contributed by atoms with Crippen molar-refractivity contribution in [1.29, 1.82) is 0 Å².